The predicted molar refractivity (Wildman–Crippen MR) is 140 cm³/mol. The lowest BCUT2D eigenvalue weighted by molar-refractivity contribution is -0.150. The van der Waals surface area contributed by atoms with Crippen molar-refractivity contribution in [3.8, 4) is 11.4 Å². The SMILES string of the molecule is Cn1nnn(-c2cc(Nc3ncc(F)c(NC4CC5CCCN5C(C)(C)C4)n3)c(F)cc2OCC(=O)C(=O)O)c1=O. The van der Waals surface area contributed by atoms with Gasteiger partial charge in [-0.3, -0.25) is 9.69 Å². The number of halogens is 2. The van der Waals surface area contributed by atoms with Crippen molar-refractivity contribution >= 4 is 29.2 Å². The molecular formula is C25H29F2N9O5. The van der Waals surface area contributed by atoms with E-state index in [-0.39, 0.29) is 40.5 Å². The van der Waals surface area contributed by atoms with Crippen molar-refractivity contribution in [1.82, 2.24) is 34.7 Å². The molecule has 2 aromatic heterocycles. The fraction of sp³-hybridized carbons (Fsp3) is 0.480. The molecule has 0 bridgehead atoms. The summed E-state index contributed by atoms with van der Waals surface area (Å²) in [6.45, 7) is 4.48. The number of hydrogen-bond acceptors (Lipinski definition) is 11. The molecule has 16 heteroatoms. The monoisotopic (exact) mass is 573 g/mol. The van der Waals surface area contributed by atoms with Crippen molar-refractivity contribution in [2.75, 3.05) is 23.8 Å². The van der Waals surface area contributed by atoms with Crippen LogP contribution in [0, 0.1) is 11.6 Å². The van der Waals surface area contributed by atoms with Gasteiger partial charge in [-0.15, -0.1) is 0 Å². The van der Waals surface area contributed by atoms with Crippen molar-refractivity contribution in [3.63, 3.8) is 0 Å². The number of ketones is 1. The van der Waals surface area contributed by atoms with E-state index in [1.54, 1.807) is 0 Å². The third kappa shape index (κ3) is 5.73. The largest absolute Gasteiger partial charge is 0.483 e. The molecule has 0 aliphatic carbocycles. The van der Waals surface area contributed by atoms with Gasteiger partial charge in [0.25, 0.3) is 5.78 Å². The zero-order valence-corrected chi connectivity index (χ0v) is 22.6. The molecule has 0 amide bonds. The molecule has 2 saturated heterocycles. The first-order valence-electron chi connectivity index (χ1n) is 13.0. The Balaban J connectivity index is 1.41. The Bertz CT molecular complexity index is 1560. The smallest absolute Gasteiger partial charge is 0.375 e. The maximum absolute atomic E-state index is 15.2. The van der Waals surface area contributed by atoms with Gasteiger partial charge in [0.05, 0.1) is 11.9 Å². The Morgan fingerprint density at radius 1 is 1.22 bits per heavy atom. The summed E-state index contributed by atoms with van der Waals surface area (Å²) in [6, 6.07) is 2.35. The number of carbonyl (C=O) groups is 2. The minimum absolute atomic E-state index is 0.0292. The minimum atomic E-state index is -1.74. The van der Waals surface area contributed by atoms with E-state index in [1.807, 2.05) is 0 Å². The van der Waals surface area contributed by atoms with Gasteiger partial charge in [0, 0.05) is 30.7 Å². The highest BCUT2D eigenvalue weighted by atomic mass is 19.1. The van der Waals surface area contributed by atoms with E-state index in [0.717, 1.165) is 59.9 Å². The Labute approximate surface area is 232 Å². The summed E-state index contributed by atoms with van der Waals surface area (Å²) in [7, 11) is 1.33. The van der Waals surface area contributed by atoms with E-state index < -0.39 is 35.7 Å². The van der Waals surface area contributed by atoms with E-state index in [1.165, 1.54) is 7.05 Å². The number of aliphatic carboxylic acids is 1. The molecule has 0 radical (unpaired) electrons. The number of carboxylic acid groups (broad SMARTS) is 1. The van der Waals surface area contributed by atoms with E-state index in [9.17, 15) is 18.8 Å². The van der Waals surface area contributed by atoms with E-state index >= 15 is 4.39 Å². The number of tetrazole rings is 1. The van der Waals surface area contributed by atoms with E-state index in [4.69, 9.17) is 9.84 Å². The highest BCUT2D eigenvalue weighted by Gasteiger charge is 2.43. The van der Waals surface area contributed by atoms with Gasteiger partial charge in [-0.1, -0.05) is 0 Å². The molecule has 2 aliphatic heterocycles. The summed E-state index contributed by atoms with van der Waals surface area (Å²) in [4.78, 5) is 45.6. The zero-order valence-electron chi connectivity index (χ0n) is 22.6. The number of nitrogens with one attached hydrogen (secondary N) is 2. The minimum Gasteiger partial charge on any atom is -0.483 e. The number of aryl methyl sites for hydroxylation is 1. The number of hydrogen-bond donors (Lipinski definition) is 3. The molecule has 2 fully saturated rings. The molecule has 5 rings (SSSR count). The fourth-order valence-electron chi connectivity index (χ4n) is 5.55. The van der Waals surface area contributed by atoms with Gasteiger partial charge in [0.15, 0.2) is 24.1 Å². The van der Waals surface area contributed by atoms with Crippen LogP contribution in [0.4, 0.5) is 26.2 Å². The quantitative estimate of drug-likeness (QED) is 0.317. The number of Topliss-reactive ketones (excluding diaryl/α,β-unsaturated/α-hetero) is 1. The van der Waals surface area contributed by atoms with Crippen molar-refractivity contribution in [2.45, 2.75) is 57.2 Å². The first kappa shape index (κ1) is 28.1. The lowest BCUT2D eigenvalue weighted by atomic mass is 9.84. The Hall–Kier alpha value is -4.47. The fourth-order valence-corrected chi connectivity index (χ4v) is 5.55. The average Bonchev–Trinajstić information content (AvgIpc) is 3.52. The number of anilines is 3. The summed E-state index contributed by atoms with van der Waals surface area (Å²) in [5, 5.41) is 22.0. The maximum atomic E-state index is 15.2. The molecule has 0 saturated carbocycles. The highest BCUT2D eigenvalue weighted by Crippen LogP contribution is 2.38. The molecule has 4 heterocycles. The number of aromatic nitrogens is 6. The van der Waals surface area contributed by atoms with Crippen LogP contribution in [0.5, 0.6) is 5.75 Å². The van der Waals surface area contributed by atoms with Crippen LogP contribution in [-0.4, -0.2) is 82.3 Å². The van der Waals surface area contributed by atoms with Crippen LogP contribution in [0.3, 0.4) is 0 Å². The van der Waals surface area contributed by atoms with Gasteiger partial charge >= 0.3 is 11.7 Å². The van der Waals surface area contributed by atoms with Crippen molar-refractivity contribution < 1.29 is 28.2 Å². The molecule has 2 aliphatic rings. The summed E-state index contributed by atoms with van der Waals surface area (Å²) in [5.41, 5.74) is -1.15. The van der Waals surface area contributed by atoms with Gasteiger partial charge in [0.2, 0.25) is 5.95 Å². The molecule has 1 aromatic carbocycles. The van der Waals surface area contributed by atoms with Crippen LogP contribution in [0.15, 0.2) is 23.1 Å². The number of ether oxygens (including phenoxy) is 1. The lowest BCUT2D eigenvalue weighted by Gasteiger charge is -2.47. The number of nitrogens with zero attached hydrogens (tertiary/aromatic N) is 7. The summed E-state index contributed by atoms with van der Waals surface area (Å²) in [5.74, 6) is -5.11. The molecule has 0 spiro atoms. The maximum Gasteiger partial charge on any atom is 0.375 e. The molecule has 2 atom stereocenters. The second-order valence-electron chi connectivity index (χ2n) is 10.7. The Morgan fingerprint density at radius 2 is 2.00 bits per heavy atom. The first-order chi connectivity index (χ1) is 19.4. The van der Waals surface area contributed by atoms with Crippen LogP contribution in [0.1, 0.15) is 39.5 Å². The number of rotatable bonds is 9. The van der Waals surface area contributed by atoms with Crippen LogP contribution < -0.4 is 21.1 Å². The Morgan fingerprint density at radius 3 is 2.71 bits per heavy atom. The second kappa shape index (κ2) is 10.8. The number of piperidine rings is 1. The van der Waals surface area contributed by atoms with E-state index in [2.05, 4.69) is 49.8 Å². The molecule has 218 valence electrons. The predicted octanol–water partition coefficient (Wildman–Crippen LogP) is 1.63. The van der Waals surface area contributed by atoms with Gasteiger partial charge in [-0.25, -0.2) is 23.4 Å². The van der Waals surface area contributed by atoms with Crippen LogP contribution >= 0.6 is 0 Å². The molecule has 2 unspecified atom stereocenters. The molecule has 14 nitrogen and oxygen atoms in total. The number of carbonyl (C=O) groups excluding carboxylic acids is 1. The van der Waals surface area contributed by atoms with Gasteiger partial charge in [-0.2, -0.15) is 14.3 Å². The standard InChI is InChI=1S/C25H29F2N9O5/c1-25(2)10-13(7-14-5-4-6-35(14)25)29-21-16(27)11-28-23(31-21)30-17-9-18(36-24(40)34(3)32-33-36)20(8-15(17)26)41-12-19(37)22(38)39/h8-9,11,13-14H,4-7,10,12H2,1-3H3,(H,38,39)(H2,28,29,30,31). The van der Waals surface area contributed by atoms with Crippen LogP contribution in [0.2, 0.25) is 0 Å². The number of fused-ring (bicyclic) bond motifs is 1. The highest BCUT2D eigenvalue weighted by molar-refractivity contribution is 6.33. The topological polar surface area (TPSA) is 169 Å². The van der Waals surface area contributed by atoms with Gasteiger partial charge in [0.1, 0.15) is 11.4 Å². The molecular weight excluding hydrogens is 544 g/mol. The first-order valence-corrected chi connectivity index (χ1v) is 13.0. The lowest BCUT2D eigenvalue weighted by Crippen LogP contribution is -2.55. The summed E-state index contributed by atoms with van der Waals surface area (Å²) in [6.07, 6.45) is 4.80. The number of carboxylic acids is 1. The van der Waals surface area contributed by atoms with E-state index in [0.29, 0.717) is 6.04 Å². The van der Waals surface area contributed by atoms with Crippen molar-refractivity contribution in [3.05, 3.63) is 40.4 Å². The summed E-state index contributed by atoms with van der Waals surface area (Å²) >= 11 is 0. The van der Waals surface area contributed by atoms with Crippen molar-refractivity contribution in [1.29, 1.82) is 0 Å². The third-order valence-corrected chi connectivity index (χ3v) is 7.38. The number of benzene rings is 1. The third-order valence-electron chi connectivity index (χ3n) is 7.38. The van der Waals surface area contributed by atoms with Crippen LogP contribution in [0.25, 0.3) is 5.69 Å². The van der Waals surface area contributed by atoms with Crippen LogP contribution in [-0.2, 0) is 16.6 Å². The molecule has 3 aromatic rings. The molecule has 3 N–H and O–H groups in total. The Kier molecular flexibility index (Phi) is 7.42. The van der Waals surface area contributed by atoms with Gasteiger partial charge in [-0.05, 0) is 62.6 Å². The summed E-state index contributed by atoms with van der Waals surface area (Å²) < 4.78 is 36.8. The van der Waals surface area contributed by atoms with Crippen molar-refractivity contribution in [2.24, 2.45) is 7.05 Å². The second-order valence-corrected chi connectivity index (χ2v) is 10.7. The zero-order chi connectivity index (χ0) is 29.5. The van der Waals surface area contributed by atoms with Gasteiger partial charge < -0.3 is 20.5 Å². The molecule has 41 heavy (non-hydrogen) atoms. The normalized spacial score (nSPS) is 19.9. The average molecular weight is 574 g/mol.